The first-order chi connectivity index (χ1) is 20.1. The van der Waals surface area contributed by atoms with Crippen molar-refractivity contribution in [3.05, 3.63) is 135 Å². The summed E-state index contributed by atoms with van der Waals surface area (Å²) in [7, 11) is 0. The van der Waals surface area contributed by atoms with Gasteiger partial charge in [-0.25, -0.2) is 0 Å². The lowest BCUT2D eigenvalue weighted by Crippen LogP contribution is -2.15. The maximum absolute atomic E-state index is 4.84. The second-order valence-electron chi connectivity index (χ2n) is 12.6. The van der Waals surface area contributed by atoms with Crippen LogP contribution in [0.15, 0.2) is 90.1 Å². The number of rotatable bonds is 4. The van der Waals surface area contributed by atoms with Gasteiger partial charge in [0.25, 0.3) is 0 Å². The average Bonchev–Trinajstić information content (AvgIpc) is 2.95. The molecule has 0 atom stereocenters. The quantitative estimate of drug-likeness (QED) is 0.212. The summed E-state index contributed by atoms with van der Waals surface area (Å²) >= 11 is 0. The normalized spacial score (nSPS) is 12.4. The van der Waals surface area contributed by atoms with Crippen LogP contribution in [-0.2, 0) is 6.42 Å². The van der Waals surface area contributed by atoms with Crippen LogP contribution in [0.4, 0.5) is 0 Å². The molecule has 0 spiro atoms. The molecular weight excluding hydrogens is 520 g/mol. The molecular formula is C41H48N2. The Bertz CT molecular complexity index is 1730. The van der Waals surface area contributed by atoms with Gasteiger partial charge in [0, 0.05) is 34.8 Å². The van der Waals surface area contributed by atoms with E-state index in [9.17, 15) is 0 Å². The smallest absolute Gasteiger partial charge is 0.0780 e. The molecule has 0 N–H and O–H groups in total. The molecule has 0 aliphatic carbocycles. The third kappa shape index (κ3) is 7.31. The summed E-state index contributed by atoms with van der Waals surface area (Å²) in [6, 6.07) is 29.1. The second kappa shape index (κ2) is 13.5. The van der Waals surface area contributed by atoms with Crippen molar-refractivity contribution < 1.29 is 0 Å². The number of aliphatic imine (C=N–C) groups is 1. The summed E-state index contributed by atoms with van der Waals surface area (Å²) in [6.45, 7) is 18.5. The highest BCUT2D eigenvalue weighted by atomic mass is 14.7. The van der Waals surface area contributed by atoms with Gasteiger partial charge in [0.1, 0.15) is 0 Å². The molecule has 2 heteroatoms. The van der Waals surface area contributed by atoms with Crippen molar-refractivity contribution in [1.82, 2.24) is 4.98 Å². The molecule has 0 bridgehead atoms. The lowest BCUT2D eigenvalue weighted by Gasteiger charge is -2.20. The molecule has 1 aliphatic rings. The van der Waals surface area contributed by atoms with Crippen LogP contribution in [0.5, 0.6) is 0 Å². The van der Waals surface area contributed by atoms with Crippen molar-refractivity contribution in [2.75, 3.05) is 6.54 Å². The highest BCUT2D eigenvalue weighted by molar-refractivity contribution is 6.14. The Hall–Kier alpha value is -4.04. The van der Waals surface area contributed by atoms with Crippen molar-refractivity contribution in [2.45, 2.75) is 81.1 Å². The van der Waals surface area contributed by atoms with Crippen molar-refractivity contribution in [2.24, 2.45) is 4.99 Å². The van der Waals surface area contributed by atoms with E-state index in [1.807, 2.05) is 6.20 Å². The number of hydrogen-bond acceptors (Lipinski definition) is 2. The van der Waals surface area contributed by atoms with Crippen molar-refractivity contribution >= 4 is 16.5 Å². The van der Waals surface area contributed by atoms with Gasteiger partial charge >= 0.3 is 0 Å². The first kappa shape index (κ1) is 31.9. The van der Waals surface area contributed by atoms with Gasteiger partial charge in [-0.15, -0.1) is 0 Å². The minimum atomic E-state index is 0. The first-order valence-corrected chi connectivity index (χ1v) is 15.3. The van der Waals surface area contributed by atoms with Crippen LogP contribution in [0.3, 0.4) is 0 Å². The zero-order valence-electron chi connectivity index (χ0n) is 26.5. The van der Waals surface area contributed by atoms with Crippen LogP contribution >= 0.6 is 0 Å². The molecule has 0 fully saturated rings. The Balaban J connectivity index is 0.000000192. The highest BCUT2D eigenvalue weighted by Gasteiger charge is 2.17. The molecule has 0 amide bonds. The minimum absolute atomic E-state index is 0. The standard InChI is InChI=1S/C20H23N.C20H21N.CH4/c2*1-13(2)17-6-5-16-7-8-21-20(19(16)12-17)18-10-14(3)9-15(4)11-18;/h5-6,9-13H,7-8H2,1-4H3;5-13H,1-4H3;1H4. The summed E-state index contributed by atoms with van der Waals surface area (Å²) in [5.74, 6) is 1.08. The monoisotopic (exact) mass is 568 g/mol. The fourth-order valence-corrected chi connectivity index (χ4v) is 6.01. The summed E-state index contributed by atoms with van der Waals surface area (Å²) < 4.78 is 0. The van der Waals surface area contributed by atoms with E-state index in [1.165, 1.54) is 72.1 Å². The minimum Gasteiger partial charge on any atom is -0.284 e. The van der Waals surface area contributed by atoms with E-state index in [1.54, 1.807) is 0 Å². The maximum Gasteiger partial charge on any atom is 0.0780 e. The highest BCUT2D eigenvalue weighted by Crippen LogP contribution is 2.30. The van der Waals surface area contributed by atoms with Crippen molar-refractivity contribution in [3.63, 3.8) is 0 Å². The largest absolute Gasteiger partial charge is 0.284 e. The molecule has 2 nitrogen and oxygen atoms in total. The second-order valence-corrected chi connectivity index (χ2v) is 12.6. The van der Waals surface area contributed by atoms with Crippen molar-refractivity contribution in [1.29, 1.82) is 0 Å². The van der Waals surface area contributed by atoms with Gasteiger partial charge in [0.15, 0.2) is 0 Å². The van der Waals surface area contributed by atoms with Crippen LogP contribution in [0, 0.1) is 27.7 Å². The number of benzene rings is 4. The molecule has 1 aromatic heterocycles. The Kier molecular flexibility index (Phi) is 10.0. The summed E-state index contributed by atoms with van der Waals surface area (Å²) in [5, 5.41) is 2.50. The number of hydrogen-bond donors (Lipinski definition) is 0. The Labute approximate surface area is 260 Å². The van der Waals surface area contributed by atoms with Gasteiger partial charge in [0.05, 0.1) is 11.4 Å². The lowest BCUT2D eigenvalue weighted by atomic mass is 9.88. The molecule has 0 saturated carbocycles. The molecule has 1 aliphatic heterocycles. The Morgan fingerprint density at radius 3 is 1.77 bits per heavy atom. The topological polar surface area (TPSA) is 25.2 Å². The van der Waals surface area contributed by atoms with Gasteiger partial charge in [-0.05, 0) is 110 Å². The van der Waals surface area contributed by atoms with E-state index >= 15 is 0 Å². The lowest BCUT2D eigenvalue weighted by molar-refractivity contribution is 0.859. The van der Waals surface area contributed by atoms with Gasteiger partial charge in [-0.1, -0.05) is 93.8 Å². The fourth-order valence-electron chi connectivity index (χ4n) is 6.01. The molecule has 0 saturated heterocycles. The number of fused-ring (bicyclic) bond motifs is 2. The number of nitrogens with zero attached hydrogens (tertiary/aromatic N) is 2. The number of aromatic nitrogens is 1. The van der Waals surface area contributed by atoms with E-state index in [0.717, 1.165) is 18.7 Å². The molecule has 6 rings (SSSR count). The van der Waals surface area contributed by atoms with Gasteiger partial charge < -0.3 is 0 Å². The van der Waals surface area contributed by atoms with E-state index in [0.29, 0.717) is 11.8 Å². The average molecular weight is 569 g/mol. The van der Waals surface area contributed by atoms with Crippen LogP contribution in [-0.4, -0.2) is 17.2 Å². The zero-order valence-corrected chi connectivity index (χ0v) is 26.5. The summed E-state index contributed by atoms with van der Waals surface area (Å²) in [4.78, 5) is 9.50. The van der Waals surface area contributed by atoms with E-state index in [2.05, 4.69) is 139 Å². The van der Waals surface area contributed by atoms with Crippen molar-refractivity contribution in [3.8, 4) is 11.3 Å². The molecule has 0 unspecified atom stereocenters. The summed E-state index contributed by atoms with van der Waals surface area (Å²) in [6.07, 6.45) is 2.96. The van der Waals surface area contributed by atoms with E-state index in [-0.39, 0.29) is 7.43 Å². The van der Waals surface area contributed by atoms with E-state index in [4.69, 9.17) is 4.99 Å². The fraction of sp³-hybridized carbons (Fsp3) is 0.317. The third-order valence-electron chi connectivity index (χ3n) is 8.15. The van der Waals surface area contributed by atoms with Gasteiger partial charge in [0.2, 0.25) is 0 Å². The number of aryl methyl sites for hydroxylation is 4. The summed E-state index contributed by atoms with van der Waals surface area (Å²) in [5.41, 5.74) is 15.4. The first-order valence-electron chi connectivity index (χ1n) is 15.3. The predicted molar refractivity (Wildman–Crippen MR) is 188 cm³/mol. The molecule has 0 radical (unpaired) electrons. The maximum atomic E-state index is 4.84. The molecule has 5 aromatic rings. The van der Waals surface area contributed by atoms with Crippen LogP contribution < -0.4 is 0 Å². The third-order valence-corrected chi connectivity index (χ3v) is 8.15. The molecule has 43 heavy (non-hydrogen) atoms. The van der Waals surface area contributed by atoms with E-state index < -0.39 is 0 Å². The van der Waals surface area contributed by atoms with Crippen LogP contribution in [0.2, 0.25) is 0 Å². The molecule has 4 aromatic carbocycles. The van der Waals surface area contributed by atoms with Gasteiger partial charge in [-0.3, -0.25) is 9.98 Å². The number of pyridine rings is 1. The molecule has 222 valence electrons. The van der Waals surface area contributed by atoms with Crippen LogP contribution in [0.25, 0.3) is 22.0 Å². The molecule has 2 heterocycles. The predicted octanol–water partition coefficient (Wildman–Crippen LogP) is 11.1. The van der Waals surface area contributed by atoms with Crippen LogP contribution in [0.1, 0.15) is 97.0 Å². The zero-order chi connectivity index (χ0) is 30.0. The van der Waals surface area contributed by atoms with Gasteiger partial charge in [-0.2, -0.15) is 0 Å². The SMILES string of the molecule is C.Cc1cc(C)cc(-c2nccc3ccc(C(C)C)cc23)c1.Cc1cc(C)cc(C2=NCCc3ccc(C(C)C)cc32)c1. The Morgan fingerprint density at radius 2 is 1.16 bits per heavy atom. The Morgan fingerprint density at radius 1 is 0.605 bits per heavy atom.